The first-order valence-electron chi connectivity index (χ1n) is 6.03. The number of nitrogens with zero attached hydrogens (tertiary/aromatic N) is 1. The van der Waals surface area contributed by atoms with Gasteiger partial charge in [-0.3, -0.25) is 0 Å². The quantitative estimate of drug-likeness (QED) is 0.879. The highest BCUT2D eigenvalue weighted by Crippen LogP contribution is 2.29. The molecule has 0 bridgehead atoms. The van der Waals surface area contributed by atoms with Crippen molar-refractivity contribution < 1.29 is 5.11 Å². The molecule has 2 atom stereocenters. The predicted octanol–water partition coefficient (Wildman–Crippen LogP) is 2.11. The zero-order valence-corrected chi connectivity index (χ0v) is 11.7. The molecule has 2 rings (SSSR count). The summed E-state index contributed by atoms with van der Waals surface area (Å²) in [6.07, 6.45) is 0.664. The molecule has 1 aromatic carbocycles. The second kappa shape index (κ2) is 5.38. The van der Waals surface area contributed by atoms with Crippen LogP contribution in [0.25, 0.3) is 0 Å². The van der Waals surface area contributed by atoms with Crippen LogP contribution in [0, 0.1) is 5.92 Å². The lowest BCUT2D eigenvalue weighted by atomic mass is 9.95. The van der Waals surface area contributed by atoms with E-state index in [9.17, 15) is 5.11 Å². The van der Waals surface area contributed by atoms with E-state index < -0.39 is 0 Å². The third-order valence-corrected chi connectivity index (χ3v) is 3.96. The zero-order chi connectivity index (χ0) is 12.4. The Morgan fingerprint density at radius 3 is 2.94 bits per heavy atom. The van der Waals surface area contributed by atoms with Gasteiger partial charge in [0.15, 0.2) is 0 Å². The summed E-state index contributed by atoms with van der Waals surface area (Å²) < 4.78 is 1.07. The van der Waals surface area contributed by atoms with Crippen molar-refractivity contribution in [1.29, 1.82) is 0 Å². The normalized spacial score (nSPS) is 25.1. The lowest BCUT2D eigenvalue weighted by Gasteiger charge is -2.37. The van der Waals surface area contributed by atoms with Gasteiger partial charge in [-0.05, 0) is 30.0 Å². The van der Waals surface area contributed by atoms with Crippen LogP contribution in [0.2, 0.25) is 0 Å². The Bertz CT molecular complexity index is 397. The van der Waals surface area contributed by atoms with Gasteiger partial charge in [0.2, 0.25) is 0 Å². The first-order chi connectivity index (χ1) is 8.11. The number of piperidine rings is 1. The van der Waals surface area contributed by atoms with Crippen LogP contribution in [0.5, 0.6) is 0 Å². The number of benzene rings is 1. The average Bonchev–Trinajstić information content (AvgIpc) is 2.32. The van der Waals surface area contributed by atoms with Crippen LogP contribution in [0.1, 0.15) is 18.9 Å². The number of aliphatic hydroxyl groups is 1. The summed E-state index contributed by atoms with van der Waals surface area (Å²) in [4.78, 5) is 2.32. The summed E-state index contributed by atoms with van der Waals surface area (Å²) >= 11 is 3.50. The first-order valence-corrected chi connectivity index (χ1v) is 6.82. The molecule has 1 heterocycles. The highest BCUT2D eigenvalue weighted by molar-refractivity contribution is 9.10. The topological polar surface area (TPSA) is 49.5 Å². The van der Waals surface area contributed by atoms with Crippen LogP contribution in [0.15, 0.2) is 22.7 Å². The number of rotatable bonds is 2. The fourth-order valence-electron chi connectivity index (χ4n) is 2.36. The van der Waals surface area contributed by atoms with Gasteiger partial charge in [0, 0.05) is 29.8 Å². The smallest absolute Gasteiger partial charge is 0.0599 e. The molecule has 94 valence electrons. The Morgan fingerprint density at radius 1 is 1.53 bits per heavy atom. The summed E-state index contributed by atoms with van der Waals surface area (Å²) in [5, 5.41) is 9.76. The van der Waals surface area contributed by atoms with Gasteiger partial charge in [-0.2, -0.15) is 0 Å². The lowest BCUT2D eigenvalue weighted by molar-refractivity contribution is 0.0970. The lowest BCUT2D eigenvalue weighted by Crippen LogP contribution is -2.42. The molecule has 1 saturated heterocycles. The molecule has 1 fully saturated rings. The van der Waals surface area contributed by atoms with Crippen molar-refractivity contribution in [3.63, 3.8) is 0 Å². The number of anilines is 1. The van der Waals surface area contributed by atoms with Crippen molar-refractivity contribution in [3.8, 4) is 0 Å². The van der Waals surface area contributed by atoms with E-state index in [2.05, 4.69) is 39.9 Å². The zero-order valence-electron chi connectivity index (χ0n) is 10.1. The fraction of sp³-hybridized carbons (Fsp3) is 0.538. The van der Waals surface area contributed by atoms with Crippen molar-refractivity contribution in [1.82, 2.24) is 0 Å². The molecule has 1 aliphatic heterocycles. The van der Waals surface area contributed by atoms with E-state index in [-0.39, 0.29) is 6.10 Å². The molecule has 0 spiro atoms. The molecule has 17 heavy (non-hydrogen) atoms. The second-order valence-electron chi connectivity index (χ2n) is 4.76. The molecule has 0 saturated carbocycles. The third-order valence-electron chi connectivity index (χ3n) is 3.47. The summed E-state index contributed by atoms with van der Waals surface area (Å²) in [5.74, 6) is 0.313. The van der Waals surface area contributed by atoms with Crippen molar-refractivity contribution in [2.75, 3.05) is 18.0 Å². The maximum atomic E-state index is 9.76. The molecule has 0 radical (unpaired) electrons. The van der Waals surface area contributed by atoms with Crippen LogP contribution >= 0.6 is 15.9 Å². The summed E-state index contributed by atoms with van der Waals surface area (Å²) in [6.45, 7) is 4.44. The maximum absolute atomic E-state index is 9.76. The molecule has 3 nitrogen and oxygen atoms in total. The Labute approximate surface area is 111 Å². The second-order valence-corrected chi connectivity index (χ2v) is 5.67. The van der Waals surface area contributed by atoms with Gasteiger partial charge in [-0.25, -0.2) is 0 Å². The summed E-state index contributed by atoms with van der Waals surface area (Å²) in [6, 6.07) is 6.20. The number of nitrogens with two attached hydrogens (primary N) is 1. The average molecular weight is 299 g/mol. The van der Waals surface area contributed by atoms with Crippen molar-refractivity contribution >= 4 is 21.6 Å². The Hall–Kier alpha value is -0.580. The fourth-order valence-corrected chi connectivity index (χ4v) is 2.71. The minimum absolute atomic E-state index is 0.167. The van der Waals surface area contributed by atoms with Gasteiger partial charge in [-0.15, -0.1) is 0 Å². The molecule has 2 unspecified atom stereocenters. The number of aliphatic hydroxyl groups excluding tert-OH is 1. The van der Waals surface area contributed by atoms with Crippen LogP contribution in [0.3, 0.4) is 0 Å². The largest absolute Gasteiger partial charge is 0.393 e. The molecule has 0 aromatic heterocycles. The molecule has 1 aromatic rings. The van der Waals surface area contributed by atoms with E-state index in [1.165, 1.54) is 5.69 Å². The van der Waals surface area contributed by atoms with Crippen LogP contribution < -0.4 is 10.6 Å². The standard InChI is InChI=1S/C13H19BrN2O/c1-9-8-16(5-4-13(9)17)12-6-11(14)3-2-10(12)7-15/h2-3,6,9,13,17H,4-5,7-8,15H2,1H3. The van der Waals surface area contributed by atoms with Crippen LogP contribution in [-0.4, -0.2) is 24.3 Å². The maximum Gasteiger partial charge on any atom is 0.0599 e. The monoisotopic (exact) mass is 298 g/mol. The van der Waals surface area contributed by atoms with E-state index >= 15 is 0 Å². The van der Waals surface area contributed by atoms with Crippen molar-refractivity contribution in [2.24, 2.45) is 11.7 Å². The van der Waals surface area contributed by atoms with Gasteiger partial charge < -0.3 is 15.7 Å². The molecular weight excluding hydrogens is 280 g/mol. The van der Waals surface area contributed by atoms with Gasteiger partial charge in [0.1, 0.15) is 0 Å². The van der Waals surface area contributed by atoms with E-state index in [1.54, 1.807) is 0 Å². The van der Waals surface area contributed by atoms with Gasteiger partial charge in [-0.1, -0.05) is 28.9 Å². The predicted molar refractivity (Wildman–Crippen MR) is 74.0 cm³/mol. The van der Waals surface area contributed by atoms with Crippen LogP contribution in [0.4, 0.5) is 5.69 Å². The highest BCUT2D eigenvalue weighted by Gasteiger charge is 2.25. The van der Waals surface area contributed by atoms with Gasteiger partial charge in [0.05, 0.1) is 6.10 Å². The SMILES string of the molecule is CC1CN(c2cc(Br)ccc2CN)CCC1O. The summed E-state index contributed by atoms with van der Waals surface area (Å²) in [5.41, 5.74) is 8.14. The van der Waals surface area contributed by atoms with E-state index in [1.807, 2.05) is 6.07 Å². The van der Waals surface area contributed by atoms with Gasteiger partial charge in [0.25, 0.3) is 0 Å². The van der Waals surface area contributed by atoms with Crippen molar-refractivity contribution in [2.45, 2.75) is 26.0 Å². The Morgan fingerprint density at radius 2 is 2.29 bits per heavy atom. The molecule has 0 amide bonds. The van der Waals surface area contributed by atoms with Crippen LogP contribution in [-0.2, 0) is 6.54 Å². The minimum Gasteiger partial charge on any atom is -0.393 e. The number of halogens is 1. The van der Waals surface area contributed by atoms with E-state index in [4.69, 9.17) is 5.73 Å². The van der Waals surface area contributed by atoms with E-state index in [0.717, 1.165) is 29.5 Å². The third kappa shape index (κ3) is 2.81. The Balaban J connectivity index is 2.24. The molecular formula is C13H19BrN2O. The molecule has 0 aliphatic carbocycles. The van der Waals surface area contributed by atoms with E-state index in [0.29, 0.717) is 12.5 Å². The summed E-state index contributed by atoms with van der Waals surface area (Å²) in [7, 11) is 0. The minimum atomic E-state index is -0.167. The van der Waals surface area contributed by atoms with Gasteiger partial charge >= 0.3 is 0 Å². The first kappa shape index (κ1) is 12.9. The molecule has 4 heteroatoms. The molecule has 1 aliphatic rings. The Kier molecular flexibility index (Phi) is 4.07. The highest BCUT2D eigenvalue weighted by atomic mass is 79.9. The number of hydrogen-bond acceptors (Lipinski definition) is 3. The number of hydrogen-bond donors (Lipinski definition) is 2. The molecule has 3 N–H and O–H groups in total. The van der Waals surface area contributed by atoms with Crippen molar-refractivity contribution in [3.05, 3.63) is 28.2 Å².